The van der Waals surface area contributed by atoms with Gasteiger partial charge >= 0.3 is 0 Å². The second-order valence-electron chi connectivity index (χ2n) is 7.01. The zero-order valence-corrected chi connectivity index (χ0v) is 17.3. The summed E-state index contributed by atoms with van der Waals surface area (Å²) in [5.41, 5.74) is 2.04. The molecule has 0 aliphatic heterocycles. The van der Waals surface area contributed by atoms with Crippen molar-refractivity contribution in [1.82, 2.24) is 15.1 Å². The minimum absolute atomic E-state index is 0.00545. The Morgan fingerprint density at radius 2 is 1.72 bits per heavy atom. The van der Waals surface area contributed by atoms with E-state index in [1.807, 2.05) is 6.07 Å². The molecule has 5 rings (SSSR count). The Balaban J connectivity index is 1.47. The topological polar surface area (TPSA) is 101 Å². The van der Waals surface area contributed by atoms with Crippen LogP contribution in [0.4, 0.5) is 5.69 Å². The highest BCUT2D eigenvalue weighted by atomic mass is 35.5. The van der Waals surface area contributed by atoms with E-state index in [1.54, 1.807) is 66.7 Å². The lowest BCUT2D eigenvalue weighted by atomic mass is 10.1. The van der Waals surface area contributed by atoms with E-state index in [2.05, 4.69) is 20.4 Å². The van der Waals surface area contributed by atoms with Gasteiger partial charge < -0.3 is 14.8 Å². The zero-order chi connectivity index (χ0) is 22.1. The van der Waals surface area contributed by atoms with Crippen LogP contribution in [0.25, 0.3) is 33.7 Å². The number of anilines is 1. The Morgan fingerprint density at radius 3 is 2.56 bits per heavy atom. The summed E-state index contributed by atoms with van der Waals surface area (Å²) in [6, 6.07) is 21.1. The van der Waals surface area contributed by atoms with Crippen LogP contribution >= 0.6 is 11.6 Å². The first kappa shape index (κ1) is 19.7. The average molecular weight is 443 g/mol. The zero-order valence-electron chi connectivity index (χ0n) is 16.5. The van der Waals surface area contributed by atoms with Gasteiger partial charge in [-0.15, -0.1) is 0 Å². The Kier molecular flexibility index (Phi) is 5.01. The number of rotatable bonds is 4. The molecule has 0 unspecified atom stereocenters. The lowest BCUT2D eigenvalue weighted by molar-refractivity contribution is 0.102. The van der Waals surface area contributed by atoms with E-state index in [-0.39, 0.29) is 16.9 Å². The molecule has 0 aliphatic rings. The number of para-hydroxylation sites is 2. The van der Waals surface area contributed by atoms with Gasteiger partial charge in [-0.3, -0.25) is 9.59 Å². The average Bonchev–Trinajstić information content (AvgIpc) is 3.30. The van der Waals surface area contributed by atoms with Gasteiger partial charge in [-0.2, -0.15) is 4.98 Å². The second kappa shape index (κ2) is 8.13. The number of aromatic amines is 1. The van der Waals surface area contributed by atoms with Crippen LogP contribution in [0.2, 0.25) is 5.02 Å². The summed E-state index contributed by atoms with van der Waals surface area (Å²) in [6.07, 6.45) is 1.41. The Morgan fingerprint density at radius 1 is 0.969 bits per heavy atom. The van der Waals surface area contributed by atoms with Gasteiger partial charge in [0.05, 0.1) is 11.3 Å². The van der Waals surface area contributed by atoms with Crippen LogP contribution in [0.3, 0.4) is 0 Å². The van der Waals surface area contributed by atoms with E-state index < -0.39 is 5.91 Å². The molecule has 156 valence electrons. The van der Waals surface area contributed by atoms with Crippen LogP contribution < -0.4 is 10.7 Å². The van der Waals surface area contributed by atoms with Crippen LogP contribution in [0.1, 0.15) is 10.4 Å². The summed E-state index contributed by atoms with van der Waals surface area (Å²) < 4.78 is 5.43. The quantitative estimate of drug-likeness (QED) is 0.401. The monoisotopic (exact) mass is 442 g/mol. The predicted octanol–water partition coefficient (Wildman–Crippen LogP) is 5.15. The lowest BCUT2D eigenvalue weighted by Gasteiger charge is -2.09. The van der Waals surface area contributed by atoms with Crippen molar-refractivity contribution in [2.75, 3.05) is 5.32 Å². The number of nitrogens with zero attached hydrogens (tertiary/aromatic N) is 2. The number of benzene rings is 3. The van der Waals surface area contributed by atoms with Crippen molar-refractivity contribution in [3.8, 4) is 22.8 Å². The number of aromatic nitrogens is 3. The minimum atomic E-state index is -0.540. The molecule has 0 fully saturated rings. The molecule has 0 aliphatic carbocycles. The third-order valence-corrected chi connectivity index (χ3v) is 5.22. The highest BCUT2D eigenvalue weighted by molar-refractivity contribution is 6.30. The fourth-order valence-corrected chi connectivity index (χ4v) is 3.48. The Labute approximate surface area is 186 Å². The number of fused-ring (bicyclic) bond motifs is 1. The third kappa shape index (κ3) is 3.66. The summed E-state index contributed by atoms with van der Waals surface area (Å²) in [6.45, 7) is 0. The van der Waals surface area contributed by atoms with Gasteiger partial charge in [-0.1, -0.05) is 41.0 Å². The number of hydrogen-bond acceptors (Lipinski definition) is 5. The first-order valence-electron chi connectivity index (χ1n) is 9.71. The van der Waals surface area contributed by atoms with Crippen LogP contribution in [-0.2, 0) is 0 Å². The maximum absolute atomic E-state index is 12.9. The minimum Gasteiger partial charge on any atom is -0.360 e. The van der Waals surface area contributed by atoms with Gasteiger partial charge in [0, 0.05) is 27.7 Å². The molecule has 0 atom stereocenters. The van der Waals surface area contributed by atoms with Crippen molar-refractivity contribution in [2.24, 2.45) is 0 Å². The maximum atomic E-state index is 12.9. The number of nitrogens with one attached hydrogen (secondary N) is 2. The van der Waals surface area contributed by atoms with E-state index in [1.165, 1.54) is 6.20 Å². The molecule has 0 spiro atoms. The number of hydrogen-bond donors (Lipinski definition) is 2. The maximum Gasteiger partial charge on any atom is 0.261 e. The molecule has 2 N–H and O–H groups in total. The van der Waals surface area contributed by atoms with Gasteiger partial charge in [0.15, 0.2) is 0 Å². The fourth-order valence-electron chi connectivity index (χ4n) is 3.35. The number of carbonyl (C=O) groups is 1. The molecule has 0 saturated heterocycles. The molecule has 2 aromatic heterocycles. The summed E-state index contributed by atoms with van der Waals surface area (Å²) in [5.74, 6) is 0.0870. The van der Waals surface area contributed by atoms with Crippen molar-refractivity contribution in [1.29, 1.82) is 0 Å². The normalized spacial score (nSPS) is 10.9. The van der Waals surface area contributed by atoms with E-state index in [0.717, 1.165) is 5.56 Å². The summed E-state index contributed by atoms with van der Waals surface area (Å²) in [4.78, 5) is 33.1. The highest BCUT2D eigenvalue weighted by Gasteiger charge is 2.18. The number of amides is 1. The number of carbonyl (C=O) groups excluding carboxylic acids is 1. The molecule has 7 nitrogen and oxygen atoms in total. The van der Waals surface area contributed by atoms with Crippen LogP contribution in [0.15, 0.2) is 88.3 Å². The number of H-pyrrole nitrogens is 1. The van der Waals surface area contributed by atoms with Crippen molar-refractivity contribution < 1.29 is 9.32 Å². The highest BCUT2D eigenvalue weighted by Crippen LogP contribution is 2.29. The van der Waals surface area contributed by atoms with E-state index in [0.29, 0.717) is 33.0 Å². The van der Waals surface area contributed by atoms with Crippen molar-refractivity contribution >= 4 is 34.1 Å². The predicted molar refractivity (Wildman–Crippen MR) is 123 cm³/mol. The first-order valence-corrected chi connectivity index (χ1v) is 10.1. The molecule has 0 radical (unpaired) electrons. The van der Waals surface area contributed by atoms with Crippen LogP contribution in [-0.4, -0.2) is 21.0 Å². The summed E-state index contributed by atoms with van der Waals surface area (Å²) in [7, 11) is 0. The fraction of sp³-hybridized carbons (Fsp3) is 0. The van der Waals surface area contributed by atoms with Gasteiger partial charge in [0.25, 0.3) is 11.8 Å². The molecule has 0 saturated carbocycles. The molecule has 8 heteroatoms. The molecule has 3 aromatic carbocycles. The lowest BCUT2D eigenvalue weighted by Crippen LogP contribution is -2.22. The molecule has 1 amide bonds. The van der Waals surface area contributed by atoms with Gasteiger partial charge in [-0.25, -0.2) is 0 Å². The molecular formula is C24H15ClN4O3. The van der Waals surface area contributed by atoms with Crippen molar-refractivity contribution in [3.63, 3.8) is 0 Å². The molecule has 32 heavy (non-hydrogen) atoms. The van der Waals surface area contributed by atoms with Crippen LogP contribution in [0.5, 0.6) is 0 Å². The van der Waals surface area contributed by atoms with Crippen LogP contribution in [0, 0.1) is 0 Å². The second-order valence-corrected chi connectivity index (χ2v) is 7.44. The van der Waals surface area contributed by atoms with E-state index >= 15 is 0 Å². The van der Waals surface area contributed by atoms with Gasteiger partial charge in [0.2, 0.25) is 11.3 Å². The molecule has 5 aromatic rings. The largest absolute Gasteiger partial charge is 0.360 e. The molecule has 0 bridgehead atoms. The third-order valence-electron chi connectivity index (χ3n) is 4.97. The van der Waals surface area contributed by atoms with E-state index in [9.17, 15) is 9.59 Å². The SMILES string of the molecule is O=C(Nc1ccccc1-c1nc(-c2ccc(Cl)cc2)no1)c1c[nH]c2ccccc2c1=O. The smallest absolute Gasteiger partial charge is 0.261 e. The van der Waals surface area contributed by atoms with Crippen molar-refractivity contribution in [2.45, 2.75) is 0 Å². The van der Waals surface area contributed by atoms with Gasteiger partial charge in [0.1, 0.15) is 5.56 Å². The molecular weight excluding hydrogens is 428 g/mol. The Hall–Kier alpha value is -4.23. The summed E-state index contributed by atoms with van der Waals surface area (Å²) >= 11 is 5.93. The first-order chi connectivity index (χ1) is 15.6. The van der Waals surface area contributed by atoms with Crippen molar-refractivity contribution in [3.05, 3.63) is 99.8 Å². The Bertz CT molecular complexity index is 1510. The number of pyridine rings is 1. The van der Waals surface area contributed by atoms with Gasteiger partial charge in [-0.05, 0) is 48.5 Å². The standard InChI is InChI=1S/C24H15ClN4O3/c25-15-11-9-14(10-12-15)22-28-24(32-29-22)17-6-2-4-8-20(17)27-23(31)18-13-26-19-7-3-1-5-16(19)21(18)30/h1-13H,(H,26,30)(H,27,31). The summed E-state index contributed by atoms with van der Waals surface area (Å²) in [5, 5.41) is 7.85. The van der Waals surface area contributed by atoms with E-state index in [4.69, 9.17) is 16.1 Å². The number of halogens is 1. The molecule has 2 heterocycles.